The Morgan fingerprint density at radius 2 is 1.91 bits per heavy atom. The topological polar surface area (TPSA) is 66.9 Å². The predicted molar refractivity (Wildman–Crippen MR) is 86.2 cm³/mol. The summed E-state index contributed by atoms with van der Waals surface area (Å²) in [6.07, 6.45) is 2.98. The maximum absolute atomic E-state index is 11.8. The molecule has 1 fully saturated rings. The Labute approximate surface area is 134 Å². The van der Waals surface area contributed by atoms with Crippen molar-refractivity contribution >= 4 is 23.3 Å². The molecular weight excluding hydrogens is 300 g/mol. The van der Waals surface area contributed by atoms with Crippen LogP contribution in [0.25, 0.3) is 0 Å². The normalized spacial score (nSPS) is 13.7. The highest BCUT2D eigenvalue weighted by molar-refractivity contribution is 6.30. The van der Waals surface area contributed by atoms with Crippen LogP contribution in [0.2, 0.25) is 5.02 Å². The summed E-state index contributed by atoms with van der Waals surface area (Å²) in [7, 11) is 0. The highest BCUT2D eigenvalue weighted by atomic mass is 35.5. The molecule has 2 aromatic rings. The standard InChI is InChI=1S/C16H17ClN4O/c17-12-3-1-11(2-4-12)9-10-18-15-8-7-14(20-21-15)16(22)19-13-5-6-13/h1-4,7-8,13H,5-6,9-10H2,(H,18,21)(H,19,22). The monoisotopic (exact) mass is 316 g/mol. The summed E-state index contributed by atoms with van der Waals surface area (Å²) in [4.78, 5) is 11.8. The van der Waals surface area contributed by atoms with Gasteiger partial charge in [0.15, 0.2) is 5.69 Å². The van der Waals surface area contributed by atoms with Crippen molar-refractivity contribution in [1.82, 2.24) is 15.5 Å². The van der Waals surface area contributed by atoms with E-state index in [-0.39, 0.29) is 5.91 Å². The average molecular weight is 317 g/mol. The first kappa shape index (κ1) is 14.8. The van der Waals surface area contributed by atoms with Crippen LogP contribution in [0, 0.1) is 0 Å². The number of carbonyl (C=O) groups excluding carboxylic acids is 1. The van der Waals surface area contributed by atoms with Crippen LogP contribution in [-0.4, -0.2) is 28.7 Å². The molecule has 114 valence electrons. The van der Waals surface area contributed by atoms with Crippen LogP contribution in [0.3, 0.4) is 0 Å². The third-order valence-electron chi connectivity index (χ3n) is 3.44. The number of nitrogens with zero attached hydrogens (tertiary/aromatic N) is 2. The summed E-state index contributed by atoms with van der Waals surface area (Å²) in [6.45, 7) is 0.740. The summed E-state index contributed by atoms with van der Waals surface area (Å²) < 4.78 is 0. The van der Waals surface area contributed by atoms with Crippen molar-refractivity contribution in [2.24, 2.45) is 0 Å². The number of nitrogens with one attached hydrogen (secondary N) is 2. The van der Waals surface area contributed by atoms with E-state index in [4.69, 9.17) is 11.6 Å². The first-order valence-electron chi connectivity index (χ1n) is 7.33. The van der Waals surface area contributed by atoms with Gasteiger partial charge in [-0.2, -0.15) is 0 Å². The molecule has 6 heteroatoms. The molecule has 1 saturated carbocycles. The van der Waals surface area contributed by atoms with Crippen molar-refractivity contribution in [2.75, 3.05) is 11.9 Å². The lowest BCUT2D eigenvalue weighted by atomic mass is 10.1. The third-order valence-corrected chi connectivity index (χ3v) is 3.69. The lowest BCUT2D eigenvalue weighted by Gasteiger charge is -2.06. The smallest absolute Gasteiger partial charge is 0.272 e. The molecule has 1 heterocycles. The van der Waals surface area contributed by atoms with Crippen LogP contribution in [0.1, 0.15) is 28.9 Å². The minimum Gasteiger partial charge on any atom is -0.368 e. The van der Waals surface area contributed by atoms with Gasteiger partial charge in [-0.15, -0.1) is 10.2 Å². The quantitative estimate of drug-likeness (QED) is 0.860. The van der Waals surface area contributed by atoms with Gasteiger partial charge in [-0.25, -0.2) is 0 Å². The van der Waals surface area contributed by atoms with Crippen LogP contribution < -0.4 is 10.6 Å². The van der Waals surface area contributed by atoms with Crippen LogP contribution in [0.5, 0.6) is 0 Å². The predicted octanol–water partition coefficient (Wildman–Crippen LogP) is 2.68. The number of hydrogen-bond acceptors (Lipinski definition) is 4. The van der Waals surface area contributed by atoms with Crippen molar-refractivity contribution in [3.63, 3.8) is 0 Å². The van der Waals surface area contributed by atoms with Gasteiger partial charge in [0.05, 0.1) is 0 Å². The zero-order valence-corrected chi connectivity index (χ0v) is 12.8. The van der Waals surface area contributed by atoms with Gasteiger partial charge in [-0.05, 0) is 49.1 Å². The number of benzene rings is 1. The second-order valence-corrected chi connectivity index (χ2v) is 5.79. The van der Waals surface area contributed by atoms with E-state index in [0.717, 1.165) is 30.8 Å². The van der Waals surface area contributed by atoms with Crippen LogP contribution in [0.4, 0.5) is 5.82 Å². The lowest BCUT2D eigenvalue weighted by Crippen LogP contribution is -2.26. The molecule has 0 atom stereocenters. The Hall–Kier alpha value is -2.14. The molecule has 1 aromatic carbocycles. The minimum atomic E-state index is -0.150. The van der Waals surface area contributed by atoms with Gasteiger partial charge in [0.25, 0.3) is 5.91 Å². The first-order chi connectivity index (χ1) is 10.7. The Morgan fingerprint density at radius 1 is 1.14 bits per heavy atom. The van der Waals surface area contributed by atoms with Crippen LogP contribution >= 0.6 is 11.6 Å². The molecule has 1 amide bonds. The van der Waals surface area contributed by atoms with Crippen LogP contribution in [-0.2, 0) is 6.42 Å². The molecule has 0 unspecified atom stereocenters. The molecule has 22 heavy (non-hydrogen) atoms. The van der Waals surface area contributed by atoms with Gasteiger partial charge in [-0.3, -0.25) is 4.79 Å². The Morgan fingerprint density at radius 3 is 2.55 bits per heavy atom. The van der Waals surface area contributed by atoms with Crippen LogP contribution in [0.15, 0.2) is 36.4 Å². The summed E-state index contributed by atoms with van der Waals surface area (Å²) in [6, 6.07) is 11.5. The van der Waals surface area contributed by atoms with E-state index in [1.165, 1.54) is 5.56 Å². The van der Waals surface area contributed by atoms with E-state index in [2.05, 4.69) is 20.8 Å². The number of anilines is 1. The molecule has 3 rings (SSSR count). The molecule has 1 aromatic heterocycles. The van der Waals surface area contributed by atoms with E-state index in [9.17, 15) is 4.79 Å². The number of amides is 1. The SMILES string of the molecule is O=C(NC1CC1)c1ccc(NCCc2ccc(Cl)cc2)nn1. The Balaban J connectivity index is 1.48. The molecule has 0 spiro atoms. The second kappa shape index (κ2) is 6.75. The summed E-state index contributed by atoms with van der Waals surface area (Å²) >= 11 is 5.85. The van der Waals surface area contributed by atoms with E-state index >= 15 is 0 Å². The molecule has 0 bridgehead atoms. The number of hydrogen-bond donors (Lipinski definition) is 2. The van der Waals surface area contributed by atoms with E-state index in [0.29, 0.717) is 17.6 Å². The Bertz CT molecular complexity index is 638. The summed E-state index contributed by atoms with van der Waals surface area (Å²) in [5.41, 5.74) is 1.56. The third kappa shape index (κ3) is 4.18. The van der Waals surface area contributed by atoms with Crippen molar-refractivity contribution in [2.45, 2.75) is 25.3 Å². The fourth-order valence-corrected chi connectivity index (χ4v) is 2.15. The maximum atomic E-state index is 11.8. The zero-order chi connectivity index (χ0) is 15.4. The number of rotatable bonds is 6. The van der Waals surface area contributed by atoms with Gasteiger partial charge in [0.1, 0.15) is 5.82 Å². The number of aromatic nitrogens is 2. The Kier molecular flexibility index (Phi) is 4.53. The van der Waals surface area contributed by atoms with Crippen molar-refractivity contribution in [3.05, 3.63) is 52.7 Å². The highest BCUT2D eigenvalue weighted by Gasteiger charge is 2.24. The van der Waals surface area contributed by atoms with Gasteiger partial charge >= 0.3 is 0 Å². The average Bonchev–Trinajstić information content (AvgIpc) is 3.34. The molecule has 0 radical (unpaired) electrons. The van der Waals surface area contributed by atoms with Gasteiger partial charge in [-0.1, -0.05) is 23.7 Å². The second-order valence-electron chi connectivity index (χ2n) is 5.35. The molecule has 2 N–H and O–H groups in total. The molecule has 0 aliphatic heterocycles. The molecule has 1 aliphatic carbocycles. The van der Waals surface area contributed by atoms with E-state index < -0.39 is 0 Å². The fraction of sp³-hybridized carbons (Fsp3) is 0.312. The molecule has 1 aliphatic rings. The minimum absolute atomic E-state index is 0.150. The van der Waals surface area contributed by atoms with E-state index in [1.54, 1.807) is 12.1 Å². The number of halogens is 1. The zero-order valence-electron chi connectivity index (χ0n) is 12.1. The lowest BCUT2D eigenvalue weighted by molar-refractivity contribution is 0.0945. The van der Waals surface area contributed by atoms with Crippen molar-refractivity contribution in [3.8, 4) is 0 Å². The highest BCUT2D eigenvalue weighted by Crippen LogP contribution is 2.19. The van der Waals surface area contributed by atoms with Crippen molar-refractivity contribution < 1.29 is 4.79 Å². The maximum Gasteiger partial charge on any atom is 0.272 e. The van der Waals surface area contributed by atoms with Gasteiger partial charge < -0.3 is 10.6 Å². The van der Waals surface area contributed by atoms with E-state index in [1.807, 2.05) is 24.3 Å². The molecule has 0 saturated heterocycles. The fourth-order valence-electron chi connectivity index (χ4n) is 2.02. The summed E-state index contributed by atoms with van der Waals surface area (Å²) in [5.74, 6) is 0.514. The number of carbonyl (C=O) groups is 1. The van der Waals surface area contributed by atoms with Crippen molar-refractivity contribution in [1.29, 1.82) is 0 Å². The molecule has 5 nitrogen and oxygen atoms in total. The van der Waals surface area contributed by atoms with Gasteiger partial charge in [0.2, 0.25) is 0 Å². The van der Waals surface area contributed by atoms with Gasteiger partial charge in [0, 0.05) is 17.6 Å². The first-order valence-corrected chi connectivity index (χ1v) is 7.71. The largest absolute Gasteiger partial charge is 0.368 e. The molecular formula is C16H17ClN4O. The summed E-state index contributed by atoms with van der Waals surface area (Å²) in [5, 5.41) is 14.8.